The number of hydrogen-bond acceptors (Lipinski definition) is 2. The summed E-state index contributed by atoms with van der Waals surface area (Å²) in [7, 11) is 0. The van der Waals surface area contributed by atoms with Gasteiger partial charge in [-0.1, -0.05) is 18.2 Å². The van der Waals surface area contributed by atoms with Gasteiger partial charge < -0.3 is 0 Å². The van der Waals surface area contributed by atoms with Crippen molar-refractivity contribution in [2.24, 2.45) is 17.8 Å². The Kier molecular flexibility index (Phi) is 1.58. The van der Waals surface area contributed by atoms with E-state index in [1.165, 1.54) is 0 Å². The number of hydrogen-bond donors (Lipinski definition) is 0. The van der Waals surface area contributed by atoms with Crippen LogP contribution in [0.25, 0.3) is 0 Å². The quantitative estimate of drug-likeness (QED) is 0.502. The molecular weight excluding hydrogens is 150 g/mol. The van der Waals surface area contributed by atoms with Crippen LogP contribution >= 0.6 is 0 Å². The number of carbonyl (C=O) groups is 1. The molecule has 0 amide bonds. The molecule has 0 radical (unpaired) electrons. The summed E-state index contributed by atoms with van der Waals surface area (Å²) < 4.78 is 0. The molecule has 3 aliphatic carbocycles. The zero-order valence-corrected chi connectivity index (χ0v) is 6.60. The van der Waals surface area contributed by atoms with Crippen molar-refractivity contribution in [1.82, 2.24) is 0 Å². The van der Waals surface area contributed by atoms with E-state index < -0.39 is 0 Å². The minimum absolute atomic E-state index is 0.0813. The topological polar surface area (TPSA) is 40.9 Å². The molecule has 0 aromatic heterocycles. The first-order valence-corrected chi connectivity index (χ1v) is 4.11. The van der Waals surface area contributed by atoms with Crippen molar-refractivity contribution in [2.45, 2.75) is 6.42 Å². The highest BCUT2D eigenvalue weighted by molar-refractivity contribution is 5.94. The second-order valence-corrected chi connectivity index (χ2v) is 3.31. The molecule has 2 bridgehead atoms. The molecule has 0 fully saturated rings. The van der Waals surface area contributed by atoms with Gasteiger partial charge in [0.05, 0.1) is 17.9 Å². The number of rotatable bonds is 0. The fourth-order valence-corrected chi connectivity index (χ4v) is 1.81. The maximum Gasteiger partial charge on any atom is 0.163 e. The molecule has 3 rings (SSSR count). The normalized spacial score (nSPS) is 37.9. The number of fused-ring (bicyclic) bond motifs is 2. The van der Waals surface area contributed by atoms with Crippen LogP contribution in [-0.2, 0) is 4.79 Å². The van der Waals surface area contributed by atoms with Gasteiger partial charge in [-0.25, -0.2) is 0 Å². The van der Waals surface area contributed by atoms with Gasteiger partial charge in [0.15, 0.2) is 5.78 Å². The molecule has 0 unspecified atom stereocenters. The molecule has 0 N–H and O–H groups in total. The van der Waals surface area contributed by atoms with Crippen LogP contribution in [0.1, 0.15) is 6.42 Å². The van der Waals surface area contributed by atoms with Crippen LogP contribution in [0.2, 0.25) is 0 Å². The van der Waals surface area contributed by atoms with Gasteiger partial charge in [-0.3, -0.25) is 4.79 Å². The lowest BCUT2D eigenvalue weighted by atomic mass is 9.81. The van der Waals surface area contributed by atoms with Gasteiger partial charge in [0.2, 0.25) is 0 Å². The Balaban J connectivity index is 2.39. The summed E-state index contributed by atoms with van der Waals surface area (Å²) >= 11 is 0. The fraction of sp³-hybridized carbons (Fsp3) is 0.400. The minimum atomic E-state index is -0.176. The molecule has 0 spiro atoms. The summed E-state index contributed by atoms with van der Waals surface area (Å²) in [6.07, 6.45) is 8.23. The van der Waals surface area contributed by atoms with Gasteiger partial charge in [0.1, 0.15) is 0 Å². The number of allylic oxidation sites excluding steroid dienone is 4. The van der Waals surface area contributed by atoms with Crippen molar-refractivity contribution in [3.05, 3.63) is 24.3 Å². The Bertz CT molecular complexity index is 308. The number of nitriles is 1. The first-order chi connectivity index (χ1) is 5.81. The Hall–Kier alpha value is -1.36. The molecule has 3 aliphatic rings. The third-order valence-electron chi connectivity index (χ3n) is 2.53. The molecule has 0 saturated heterocycles. The van der Waals surface area contributed by atoms with E-state index in [2.05, 4.69) is 6.07 Å². The Morgan fingerprint density at radius 3 is 3.00 bits per heavy atom. The molecule has 2 nitrogen and oxygen atoms in total. The molecular formula is C10H9NO. The van der Waals surface area contributed by atoms with E-state index >= 15 is 0 Å². The van der Waals surface area contributed by atoms with E-state index in [9.17, 15) is 4.79 Å². The van der Waals surface area contributed by atoms with E-state index in [1.54, 1.807) is 6.08 Å². The summed E-state index contributed by atoms with van der Waals surface area (Å²) in [4.78, 5) is 11.4. The summed E-state index contributed by atoms with van der Waals surface area (Å²) in [5.74, 6) is 0.0997. The zero-order chi connectivity index (χ0) is 8.55. The molecule has 0 aromatic carbocycles. The Morgan fingerprint density at radius 2 is 2.25 bits per heavy atom. The lowest BCUT2D eigenvalue weighted by Crippen LogP contribution is -2.21. The highest BCUT2D eigenvalue weighted by Crippen LogP contribution is 2.32. The average Bonchev–Trinajstić information content (AvgIpc) is 2.37. The summed E-state index contributed by atoms with van der Waals surface area (Å²) in [6, 6.07) is 2.19. The van der Waals surface area contributed by atoms with E-state index in [-0.39, 0.29) is 17.6 Å². The molecule has 0 aromatic rings. The predicted octanol–water partition coefficient (Wildman–Crippen LogP) is 1.46. The highest BCUT2D eigenvalue weighted by atomic mass is 16.1. The highest BCUT2D eigenvalue weighted by Gasteiger charge is 2.31. The maximum absolute atomic E-state index is 11.4. The van der Waals surface area contributed by atoms with Gasteiger partial charge in [0.25, 0.3) is 0 Å². The molecule has 60 valence electrons. The average molecular weight is 159 g/mol. The smallest absolute Gasteiger partial charge is 0.163 e. The standard InChI is InChI=1S/C10H9NO/c11-6-8-5-7-1-3-9(8)10(12)4-2-7/h1-4,7-9H,5H2/t7-,8-,9+/m0/s1. The summed E-state index contributed by atoms with van der Waals surface area (Å²) in [5.41, 5.74) is 0. The molecule has 12 heavy (non-hydrogen) atoms. The van der Waals surface area contributed by atoms with E-state index in [1.807, 2.05) is 18.2 Å². The first-order valence-electron chi connectivity index (χ1n) is 4.11. The summed E-state index contributed by atoms with van der Waals surface area (Å²) in [6.45, 7) is 0. The maximum atomic E-state index is 11.4. The van der Waals surface area contributed by atoms with Crippen molar-refractivity contribution in [3.63, 3.8) is 0 Å². The monoisotopic (exact) mass is 159 g/mol. The van der Waals surface area contributed by atoms with Gasteiger partial charge in [0, 0.05) is 0 Å². The fourth-order valence-electron chi connectivity index (χ4n) is 1.81. The second-order valence-electron chi connectivity index (χ2n) is 3.31. The van der Waals surface area contributed by atoms with Crippen LogP contribution in [0.4, 0.5) is 0 Å². The van der Waals surface area contributed by atoms with E-state index in [0.29, 0.717) is 5.92 Å². The zero-order valence-electron chi connectivity index (χ0n) is 6.60. The van der Waals surface area contributed by atoms with Crippen LogP contribution < -0.4 is 0 Å². The lowest BCUT2D eigenvalue weighted by molar-refractivity contribution is -0.117. The third-order valence-corrected chi connectivity index (χ3v) is 2.53. The van der Waals surface area contributed by atoms with Crippen LogP contribution in [0.5, 0.6) is 0 Å². The van der Waals surface area contributed by atoms with Crippen LogP contribution in [0.3, 0.4) is 0 Å². The van der Waals surface area contributed by atoms with Crippen molar-refractivity contribution in [1.29, 1.82) is 5.26 Å². The number of nitrogens with zero attached hydrogens (tertiary/aromatic N) is 1. The second kappa shape index (κ2) is 2.60. The molecule has 3 atom stereocenters. The predicted molar refractivity (Wildman–Crippen MR) is 44.0 cm³/mol. The van der Waals surface area contributed by atoms with Gasteiger partial charge >= 0.3 is 0 Å². The van der Waals surface area contributed by atoms with Gasteiger partial charge in [-0.15, -0.1) is 0 Å². The van der Waals surface area contributed by atoms with Crippen molar-refractivity contribution >= 4 is 5.78 Å². The molecule has 0 heterocycles. The van der Waals surface area contributed by atoms with Crippen molar-refractivity contribution in [3.8, 4) is 6.07 Å². The molecule has 2 heteroatoms. The largest absolute Gasteiger partial charge is 0.294 e. The van der Waals surface area contributed by atoms with Crippen LogP contribution in [0, 0.1) is 29.1 Å². The molecule has 0 aliphatic heterocycles. The molecule has 0 saturated carbocycles. The van der Waals surface area contributed by atoms with Crippen molar-refractivity contribution in [2.75, 3.05) is 0 Å². The Labute approximate surface area is 71.2 Å². The van der Waals surface area contributed by atoms with E-state index in [0.717, 1.165) is 6.42 Å². The SMILES string of the molecule is N#C[C@@H]1C[C@@H]2C=CC(=O)[C@@H]1C=C2. The van der Waals surface area contributed by atoms with Gasteiger partial charge in [-0.05, 0) is 18.4 Å². The van der Waals surface area contributed by atoms with Crippen LogP contribution in [0.15, 0.2) is 24.3 Å². The summed E-state index contributed by atoms with van der Waals surface area (Å²) in [5, 5.41) is 8.79. The number of ketones is 1. The third kappa shape index (κ3) is 0.984. The lowest BCUT2D eigenvalue weighted by Gasteiger charge is -2.20. The van der Waals surface area contributed by atoms with E-state index in [4.69, 9.17) is 5.26 Å². The minimum Gasteiger partial charge on any atom is -0.294 e. The first kappa shape index (κ1) is 7.30. The van der Waals surface area contributed by atoms with Crippen LogP contribution in [-0.4, -0.2) is 5.78 Å². The Morgan fingerprint density at radius 1 is 1.42 bits per heavy atom. The van der Waals surface area contributed by atoms with Gasteiger partial charge in [-0.2, -0.15) is 5.26 Å². The van der Waals surface area contributed by atoms with Crippen molar-refractivity contribution < 1.29 is 4.79 Å². The number of carbonyl (C=O) groups excluding carboxylic acids is 1.